The van der Waals surface area contributed by atoms with Gasteiger partial charge in [0, 0.05) is 0 Å². The summed E-state index contributed by atoms with van der Waals surface area (Å²) in [6.07, 6.45) is 0. The zero-order valence-corrected chi connectivity index (χ0v) is 12.0. The van der Waals surface area contributed by atoms with Gasteiger partial charge in [-0.25, -0.2) is 0 Å². The molecule has 0 spiro atoms. The highest BCUT2D eigenvalue weighted by Gasteiger charge is 2.09. The number of ether oxygens (including phenoxy) is 2. The largest absolute Gasteiger partial charge is 0.496 e. The Morgan fingerprint density at radius 3 is 2.52 bits per heavy atom. The Labute approximate surface area is 123 Å². The number of nitrogens with zero attached hydrogens (tertiary/aromatic N) is 1. The first-order valence-corrected chi connectivity index (χ1v) is 6.48. The van der Waals surface area contributed by atoms with E-state index in [1.54, 1.807) is 6.07 Å². The molecule has 0 unspecified atom stereocenters. The SMILES string of the molecule is COc1cc(COc2ccc(C)cc2)ccc1/C(N)=N/O. The highest BCUT2D eigenvalue weighted by atomic mass is 16.5. The quantitative estimate of drug-likeness (QED) is 0.383. The van der Waals surface area contributed by atoms with Crippen LogP contribution in [0.3, 0.4) is 0 Å². The molecule has 5 heteroatoms. The summed E-state index contributed by atoms with van der Waals surface area (Å²) in [5.41, 5.74) is 8.25. The molecule has 0 radical (unpaired) electrons. The molecule has 0 aliphatic heterocycles. The van der Waals surface area contributed by atoms with Gasteiger partial charge < -0.3 is 20.4 Å². The summed E-state index contributed by atoms with van der Waals surface area (Å²) in [6, 6.07) is 13.2. The number of benzene rings is 2. The lowest BCUT2D eigenvalue weighted by Crippen LogP contribution is -2.14. The van der Waals surface area contributed by atoms with Gasteiger partial charge in [0.15, 0.2) is 5.84 Å². The molecule has 0 fully saturated rings. The number of oxime groups is 1. The van der Waals surface area contributed by atoms with E-state index in [-0.39, 0.29) is 5.84 Å². The van der Waals surface area contributed by atoms with E-state index >= 15 is 0 Å². The van der Waals surface area contributed by atoms with Crippen molar-refractivity contribution in [1.29, 1.82) is 0 Å². The van der Waals surface area contributed by atoms with Crippen molar-refractivity contribution < 1.29 is 14.7 Å². The lowest BCUT2D eigenvalue weighted by molar-refractivity contribution is 0.305. The lowest BCUT2D eigenvalue weighted by Gasteiger charge is -2.11. The number of hydrogen-bond acceptors (Lipinski definition) is 4. The van der Waals surface area contributed by atoms with Crippen molar-refractivity contribution in [3.8, 4) is 11.5 Å². The van der Waals surface area contributed by atoms with Crippen LogP contribution in [0.15, 0.2) is 47.6 Å². The smallest absolute Gasteiger partial charge is 0.173 e. The molecule has 0 atom stereocenters. The number of methoxy groups -OCH3 is 1. The minimum absolute atomic E-state index is 0.0119. The number of hydrogen-bond donors (Lipinski definition) is 2. The third-order valence-electron chi connectivity index (χ3n) is 3.08. The monoisotopic (exact) mass is 286 g/mol. The molecule has 110 valence electrons. The second-order valence-corrected chi connectivity index (χ2v) is 4.62. The molecule has 0 aliphatic rings. The maximum absolute atomic E-state index is 8.73. The van der Waals surface area contributed by atoms with Crippen LogP contribution in [0.5, 0.6) is 11.5 Å². The summed E-state index contributed by atoms with van der Waals surface area (Å²) in [6.45, 7) is 2.44. The minimum atomic E-state index is 0.0119. The Kier molecular flexibility index (Phi) is 4.66. The molecular weight excluding hydrogens is 268 g/mol. The van der Waals surface area contributed by atoms with E-state index in [9.17, 15) is 0 Å². The third kappa shape index (κ3) is 3.66. The molecule has 2 aromatic carbocycles. The van der Waals surface area contributed by atoms with Crippen molar-refractivity contribution in [3.63, 3.8) is 0 Å². The van der Waals surface area contributed by atoms with E-state index in [1.165, 1.54) is 12.7 Å². The average Bonchev–Trinajstić information content (AvgIpc) is 2.53. The van der Waals surface area contributed by atoms with Gasteiger partial charge in [-0.15, -0.1) is 0 Å². The van der Waals surface area contributed by atoms with Gasteiger partial charge in [-0.3, -0.25) is 0 Å². The molecule has 0 amide bonds. The molecular formula is C16H18N2O3. The van der Waals surface area contributed by atoms with Gasteiger partial charge in [0.1, 0.15) is 18.1 Å². The molecule has 0 saturated carbocycles. The number of rotatable bonds is 5. The Balaban J connectivity index is 2.12. The number of aryl methyl sites for hydroxylation is 1. The van der Waals surface area contributed by atoms with Crippen LogP contribution in [-0.4, -0.2) is 18.2 Å². The van der Waals surface area contributed by atoms with Crippen molar-refractivity contribution in [2.45, 2.75) is 13.5 Å². The van der Waals surface area contributed by atoms with Gasteiger partial charge in [-0.05, 0) is 36.8 Å². The molecule has 0 heterocycles. The number of amidine groups is 1. The summed E-state index contributed by atoms with van der Waals surface area (Å²) >= 11 is 0. The Hall–Kier alpha value is -2.69. The summed E-state index contributed by atoms with van der Waals surface area (Å²) in [5.74, 6) is 1.35. The van der Waals surface area contributed by atoms with Gasteiger partial charge in [-0.2, -0.15) is 0 Å². The van der Waals surface area contributed by atoms with Crippen molar-refractivity contribution in [2.75, 3.05) is 7.11 Å². The van der Waals surface area contributed by atoms with Gasteiger partial charge in [0.2, 0.25) is 0 Å². The highest BCUT2D eigenvalue weighted by Crippen LogP contribution is 2.21. The fourth-order valence-electron chi connectivity index (χ4n) is 1.89. The third-order valence-corrected chi connectivity index (χ3v) is 3.08. The second kappa shape index (κ2) is 6.65. The minimum Gasteiger partial charge on any atom is -0.496 e. The average molecular weight is 286 g/mol. The van der Waals surface area contributed by atoms with Crippen molar-refractivity contribution >= 4 is 5.84 Å². The maximum atomic E-state index is 8.73. The molecule has 5 nitrogen and oxygen atoms in total. The Bertz CT molecular complexity index is 636. The standard InChI is InChI=1S/C16H18N2O3/c1-11-3-6-13(7-4-11)21-10-12-5-8-14(16(17)18-19)15(9-12)20-2/h3-9,19H,10H2,1-2H3,(H2,17,18). The summed E-state index contributed by atoms with van der Waals surface area (Å²) < 4.78 is 11.0. The van der Waals surface area contributed by atoms with E-state index < -0.39 is 0 Å². The first-order chi connectivity index (χ1) is 10.1. The van der Waals surface area contributed by atoms with E-state index in [0.717, 1.165) is 11.3 Å². The highest BCUT2D eigenvalue weighted by molar-refractivity contribution is 5.99. The van der Waals surface area contributed by atoms with E-state index in [0.29, 0.717) is 17.9 Å². The molecule has 0 bridgehead atoms. The van der Waals surface area contributed by atoms with Crippen molar-refractivity contribution in [1.82, 2.24) is 0 Å². The fraction of sp³-hybridized carbons (Fsp3) is 0.188. The van der Waals surface area contributed by atoms with E-state index in [1.807, 2.05) is 43.3 Å². The van der Waals surface area contributed by atoms with E-state index in [2.05, 4.69) is 5.16 Å². The van der Waals surface area contributed by atoms with Crippen LogP contribution in [0.2, 0.25) is 0 Å². The van der Waals surface area contributed by atoms with E-state index in [4.69, 9.17) is 20.4 Å². The maximum Gasteiger partial charge on any atom is 0.173 e. The van der Waals surface area contributed by atoms with Gasteiger partial charge in [0.25, 0.3) is 0 Å². The Morgan fingerprint density at radius 1 is 1.19 bits per heavy atom. The van der Waals surface area contributed by atoms with Crippen LogP contribution in [0.25, 0.3) is 0 Å². The van der Waals surface area contributed by atoms with Crippen LogP contribution in [-0.2, 0) is 6.61 Å². The molecule has 21 heavy (non-hydrogen) atoms. The first kappa shape index (κ1) is 14.7. The molecule has 3 N–H and O–H groups in total. The summed E-state index contributed by atoms with van der Waals surface area (Å²) in [5, 5.41) is 11.7. The zero-order chi connectivity index (χ0) is 15.2. The zero-order valence-electron chi connectivity index (χ0n) is 12.0. The number of nitrogens with two attached hydrogens (primary N) is 1. The molecule has 2 aromatic rings. The second-order valence-electron chi connectivity index (χ2n) is 4.62. The fourth-order valence-corrected chi connectivity index (χ4v) is 1.89. The molecule has 2 rings (SSSR count). The van der Waals surface area contributed by atoms with Crippen LogP contribution >= 0.6 is 0 Å². The Morgan fingerprint density at radius 2 is 1.90 bits per heavy atom. The van der Waals surface area contributed by atoms with Crippen molar-refractivity contribution in [2.24, 2.45) is 10.9 Å². The van der Waals surface area contributed by atoms with Crippen LogP contribution in [0.1, 0.15) is 16.7 Å². The molecule has 0 aromatic heterocycles. The molecule has 0 saturated heterocycles. The summed E-state index contributed by atoms with van der Waals surface area (Å²) in [4.78, 5) is 0. The summed E-state index contributed by atoms with van der Waals surface area (Å²) in [7, 11) is 1.54. The van der Waals surface area contributed by atoms with Gasteiger partial charge in [-0.1, -0.05) is 28.9 Å². The topological polar surface area (TPSA) is 77.1 Å². The van der Waals surface area contributed by atoms with Crippen LogP contribution in [0, 0.1) is 6.92 Å². The van der Waals surface area contributed by atoms with Crippen molar-refractivity contribution in [3.05, 3.63) is 59.2 Å². The first-order valence-electron chi connectivity index (χ1n) is 6.48. The molecule has 0 aliphatic carbocycles. The van der Waals surface area contributed by atoms with Crippen LogP contribution < -0.4 is 15.2 Å². The predicted molar refractivity (Wildman–Crippen MR) is 81.0 cm³/mol. The lowest BCUT2D eigenvalue weighted by atomic mass is 10.1. The van der Waals surface area contributed by atoms with Gasteiger partial charge in [0.05, 0.1) is 12.7 Å². The predicted octanol–water partition coefficient (Wildman–Crippen LogP) is 2.68. The van der Waals surface area contributed by atoms with Crippen LogP contribution in [0.4, 0.5) is 0 Å². The normalized spacial score (nSPS) is 11.2. The van der Waals surface area contributed by atoms with Gasteiger partial charge >= 0.3 is 0 Å².